The van der Waals surface area contributed by atoms with Crippen molar-refractivity contribution in [3.05, 3.63) is 77.0 Å². The molecule has 0 bridgehead atoms. The summed E-state index contributed by atoms with van der Waals surface area (Å²) in [5, 5.41) is 13.2. The number of carbonyl (C=O) groups is 2. The molecule has 2 amide bonds. The molecule has 10 nitrogen and oxygen atoms in total. The number of rotatable bonds is 9. The minimum absolute atomic E-state index is 0.0195. The summed E-state index contributed by atoms with van der Waals surface area (Å²) in [6.07, 6.45) is 3.96. The Morgan fingerprint density at radius 2 is 1.98 bits per heavy atom. The molecule has 0 aliphatic carbocycles. The van der Waals surface area contributed by atoms with Crippen LogP contribution in [0.4, 0.5) is 20.7 Å². The van der Waals surface area contributed by atoms with Gasteiger partial charge in [0, 0.05) is 24.4 Å². The number of imidazole rings is 1. The fraction of sp³-hybridized carbons (Fsp3) is 0.355. The zero-order chi connectivity index (χ0) is 30.0. The van der Waals surface area contributed by atoms with E-state index in [-0.39, 0.29) is 13.2 Å². The Hall–Kier alpha value is -4.35. The lowest BCUT2D eigenvalue weighted by molar-refractivity contribution is 0.0248. The van der Waals surface area contributed by atoms with Crippen LogP contribution in [0.1, 0.15) is 61.3 Å². The molecular weight excluding hydrogens is 541 g/mol. The average molecular weight is 576 g/mol. The number of benzene rings is 1. The first-order valence-corrected chi connectivity index (χ1v) is 13.9. The number of hydrogen-bond acceptors (Lipinski definition) is 8. The molecule has 42 heavy (non-hydrogen) atoms. The molecule has 5 rings (SSSR count). The third kappa shape index (κ3) is 5.97. The number of pyridine rings is 2. The first-order valence-electron chi connectivity index (χ1n) is 13.9. The van der Waals surface area contributed by atoms with Crippen molar-refractivity contribution in [2.24, 2.45) is 0 Å². The van der Waals surface area contributed by atoms with Gasteiger partial charge in [-0.3, -0.25) is 9.20 Å². The van der Waals surface area contributed by atoms with Crippen molar-refractivity contribution in [3.63, 3.8) is 0 Å². The van der Waals surface area contributed by atoms with E-state index in [0.717, 1.165) is 16.9 Å². The number of anilines is 2. The van der Waals surface area contributed by atoms with Crippen LogP contribution in [0.15, 0.2) is 48.8 Å². The molecule has 0 fully saturated rings. The molecule has 2 N–H and O–H groups in total. The smallest absolute Gasteiger partial charge is 0.417 e. The number of nitrogens with one attached hydrogen (secondary N) is 1. The largest absolute Gasteiger partial charge is 0.443 e. The second-order valence-corrected chi connectivity index (χ2v) is 11.1. The number of nitrogens with zero attached hydrogens (tertiary/aromatic N) is 4. The molecule has 0 atom stereocenters. The van der Waals surface area contributed by atoms with Gasteiger partial charge in [0.2, 0.25) is 0 Å². The third-order valence-corrected chi connectivity index (χ3v) is 6.80. The van der Waals surface area contributed by atoms with Crippen LogP contribution in [0.25, 0.3) is 16.9 Å². The maximum absolute atomic E-state index is 13.8. The van der Waals surface area contributed by atoms with Gasteiger partial charge in [-0.1, -0.05) is 19.1 Å². The van der Waals surface area contributed by atoms with E-state index in [9.17, 15) is 19.1 Å². The van der Waals surface area contributed by atoms with Gasteiger partial charge in [-0.25, -0.2) is 24.1 Å². The van der Waals surface area contributed by atoms with Crippen molar-refractivity contribution in [2.75, 3.05) is 18.5 Å². The Morgan fingerprint density at radius 1 is 1.17 bits per heavy atom. The zero-order valence-corrected chi connectivity index (χ0v) is 24.1. The summed E-state index contributed by atoms with van der Waals surface area (Å²) in [6, 6.07) is 9.86. The van der Waals surface area contributed by atoms with E-state index in [1.807, 2.05) is 19.1 Å². The Kier molecular flexibility index (Phi) is 8.24. The van der Waals surface area contributed by atoms with Crippen LogP contribution in [0, 0.1) is 5.82 Å². The van der Waals surface area contributed by atoms with Crippen molar-refractivity contribution in [1.29, 1.82) is 0 Å². The fourth-order valence-electron chi connectivity index (χ4n) is 4.92. The van der Waals surface area contributed by atoms with Crippen LogP contribution in [0.2, 0.25) is 0 Å². The van der Waals surface area contributed by atoms with Crippen LogP contribution >= 0.6 is 0 Å². The quantitative estimate of drug-likeness (QED) is 0.247. The lowest BCUT2D eigenvalue weighted by atomic mass is 9.99. The van der Waals surface area contributed by atoms with Crippen molar-refractivity contribution in [3.8, 4) is 11.3 Å². The summed E-state index contributed by atoms with van der Waals surface area (Å²) >= 11 is 0. The molecule has 0 saturated heterocycles. The monoisotopic (exact) mass is 575 g/mol. The number of aliphatic hydroxyl groups is 1. The molecule has 4 heterocycles. The lowest BCUT2D eigenvalue weighted by Crippen LogP contribution is -2.37. The van der Waals surface area contributed by atoms with Gasteiger partial charge in [0.25, 0.3) is 5.91 Å². The van der Waals surface area contributed by atoms with Crippen LogP contribution in [0.5, 0.6) is 0 Å². The molecule has 220 valence electrons. The highest BCUT2D eigenvalue weighted by atomic mass is 19.1. The number of fused-ring (bicyclic) bond motifs is 2. The van der Waals surface area contributed by atoms with Crippen LogP contribution in [0.3, 0.4) is 0 Å². The second-order valence-electron chi connectivity index (χ2n) is 11.1. The molecule has 0 saturated carbocycles. The molecule has 0 spiro atoms. The number of aromatic nitrogens is 3. The SMILES string of the molecule is CCCOCCc1ccc(Nc2ccc(-c3cnc4cc(F)ccn34)c3c2C(=O)N(C(=O)OC(C)(C)C)C3)nc1CO. The summed E-state index contributed by atoms with van der Waals surface area (Å²) in [7, 11) is 0. The number of hydrogen-bond donors (Lipinski definition) is 2. The topological polar surface area (TPSA) is 118 Å². The Morgan fingerprint density at radius 3 is 2.71 bits per heavy atom. The van der Waals surface area contributed by atoms with Gasteiger partial charge in [-0.15, -0.1) is 0 Å². The molecule has 1 aromatic carbocycles. The van der Waals surface area contributed by atoms with Crippen molar-refractivity contribution >= 4 is 29.2 Å². The molecular formula is C31H34FN5O5. The maximum atomic E-state index is 13.8. The van der Waals surface area contributed by atoms with Gasteiger partial charge in [-0.05, 0) is 62.9 Å². The zero-order valence-electron chi connectivity index (χ0n) is 24.1. The van der Waals surface area contributed by atoms with Gasteiger partial charge < -0.3 is 19.9 Å². The van der Waals surface area contributed by atoms with Crippen molar-refractivity contribution in [1.82, 2.24) is 19.3 Å². The predicted molar refractivity (Wildman–Crippen MR) is 155 cm³/mol. The van der Waals surface area contributed by atoms with Crippen LogP contribution < -0.4 is 5.32 Å². The molecule has 4 aromatic rings. The van der Waals surface area contributed by atoms with E-state index in [1.54, 1.807) is 49.7 Å². The van der Waals surface area contributed by atoms with Crippen LogP contribution in [-0.2, 0) is 29.0 Å². The Balaban J connectivity index is 1.53. The highest BCUT2D eigenvalue weighted by molar-refractivity contribution is 6.11. The van der Waals surface area contributed by atoms with Crippen molar-refractivity contribution in [2.45, 2.75) is 59.3 Å². The molecule has 0 radical (unpaired) electrons. The highest BCUT2D eigenvalue weighted by Crippen LogP contribution is 2.39. The molecule has 1 aliphatic rings. The predicted octanol–water partition coefficient (Wildman–Crippen LogP) is 5.63. The number of amides is 2. The summed E-state index contributed by atoms with van der Waals surface area (Å²) in [5.41, 5.74) is 3.63. The van der Waals surface area contributed by atoms with Crippen LogP contribution in [-0.4, -0.2) is 55.2 Å². The number of ether oxygens (including phenoxy) is 2. The minimum Gasteiger partial charge on any atom is -0.443 e. The van der Waals surface area contributed by atoms with E-state index in [0.29, 0.717) is 64.9 Å². The van der Waals surface area contributed by atoms with Gasteiger partial charge in [-0.2, -0.15) is 0 Å². The Labute approximate surface area is 243 Å². The Bertz CT molecular complexity index is 1640. The average Bonchev–Trinajstić information content (AvgIpc) is 3.52. The van der Waals surface area contributed by atoms with E-state index >= 15 is 0 Å². The summed E-state index contributed by atoms with van der Waals surface area (Å²) < 4.78 is 26.7. The first kappa shape index (κ1) is 29.2. The minimum atomic E-state index is -0.796. The molecule has 0 unspecified atom stereocenters. The maximum Gasteiger partial charge on any atom is 0.417 e. The fourth-order valence-corrected chi connectivity index (χ4v) is 4.92. The summed E-state index contributed by atoms with van der Waals surface area (Å²) in [6.45, 7) is 8.17. The molecule has 3 aromatic heterocycles. The summed E-state index contributed by atoms with van der Waals surface area (Å²) in [5.74, 6) is -0.499. The normalized spacial score (nSPS) is 13.1. The molecule has 1 aliphatic heterocycles. The molecule has 11 heteroatoms. The lowest BCUT2D eigenvalue weighted by Gasteiger charge is -2.23. The van der Waals surface area contributed by atoms with Gasteiger partial charge >= 0.3 is 6.09 Å². The van der Waals surface area contributed by atoms with Crippen molar-refractivity contribution < 1.29 is 28.6 Å². The summed E-state index contributed by atoms with van der Waals surface area (Å²) in [4.78, 5) is 36.8. The number of aliphatic hydroxyl groups excluding tert-OH is 1. The third-order valence-electron chi connectivity index (χ3n) is 6.80. The van der Waals surface area contributed by atoms with E-state index in [1.165, 1.54) is 12.1 Å². The number of carbonyl (C=O) groups excluding carboxylic acids is 2. The van der Waals surface area contributed by atoms with Gasteiger partial charge in [0.1, 0.15) is 22.9 Å². The number of halogens is 1. The van der Waals surface area contributed by atoms with E-state index in [2.05, 4.69) is 15.3 Å². The highest BCUT2D eigenvalue weighted by Gasteiger charge is 2.39. The van der Waals surface area contributed by atoms with Gasteiger partial charge in [0.05, 0.1) is 48.6 Å². The standard InChI is InChI=1S/C31H34FN5O5/c1-5-13-41-14-11-19-6-9-26(35-24(19)18-38)34-23-8-7-21(25-16-33-27-15-20(32)10-12-36(25)27)22-17-37(29(39)28(22)23)30(40)42-31(2,3)4/h6-10,12,15-16,38H,5,11,13-14,17-18H2,1-4H3,(H,34,35). The second kappa shape index (κ2) is 11.9. The van der Waals surface area contributed by atoms with Gasteiger partial charge in [0.15, 0.2) is 0 Å². The van der Waals surface area contributed by atoms with E-state index < -0.39 is 23.4 Å². The van der Waals surface area contributed by atoms with E-state index in [4.69, 9.17) is 9.47 Å². The number of imide groups is 1. The first-order chi connectivity index (χ1) is 20.1.